The van der Waals surface area contributed by atoms with Gasteiger partial charge in [0.25, 0.3) is 5.69 Å². The molecule has 0 unspecified atom stereocenters. The largest absolute Gasteiger partial charge is 0.462 e. The molecule has 0 amide bonds. The third kappa shape index (κ3) is 5.38. The van der Waals surface area contributed by atoms with Gasteiger partial charge < -0.3 is 29.9 Å². The summed E-state index contributed by atoms with van der Waals surface area (Å²) in [5, 5.41) is 61.1. The molecule has 5 aromatic carbocycles. The monoisotopic (exact) mass is 633 g/mol. The van der Waals surface area contributed by atoms with Gasteiger partial charge in [-0.25, -0.2) is 0 Å². The van der Waals surface area contributed by atoms with Crippen molar-refractivity contribution in [1.82, 2.24) is 0 Å². The summed E-state index contributed by atoms with van der Waals surface area (Å²) in [4.78, 5) is 10.9. The number of hydrogen-bond acceptors (Lipinski definition) is 8. The van der Waals surface area contributed by atoms with Crippen molar-refractivity contribution in [2.45, 2.75) is 41.5 Å². The van der Waals surface area contributed by atoms with E-state index >= 15 is 0 Å². The first kappa shape index (κ1) is 32.1. The van der Waals surface area contributed by atoms with E-state index in [1.807, 2.05) is 97.1 Å². The van der Waals surface area contributed by atoms with Gasteiger partial charge in [-0.1, -0.05) is 121 Å². The van der Waals surface area contributed by atoms with Gasteiger partial charge in [-0.15, -0.1) is 0 Å². The molecular formula is C38H35NO8. The van der Waals surface area contributed by atoms with Gasteiger partial charge in [-0.2, -0.15) is 0 Å². The zero-order valence-electron chi connectivity index (χ0n) is 25.4. The molecule has 5 aromatic rings. The molecule has 0 bridgehead atoms. The fourth-order valence-corrected chi connectivity index (χ4v) is 6.97. The number of aliphatic hydroxyl groups excluding tert-OH is 2. The van der Waals surface area contributed by atoms with E-state index in [9.17, 15) is 30.5 Å². The van der Waals surface area contributed by atoms with Crippen molar-refractivity contribution in [2.24, 2.45) is 0 Å². The highest BCUT2D eigenvalue weighted by atomic mass is 16.7. The van der Waals surface area contributed by atoms with Gasteiger partial charge in [0, 0.05) is 18.6 Å². The van der Waals surface area contributed by atoms with Crippen molar-refractivity contribution in [1.29, 1.82) is 0 Å². The third-order valence-electron chi connectivity index (χ3n) is 9.12. The number of hydrogen-bond donors (Lipinski definition) is 4. The molecule has 1 heterocycles. The molecule has 1 saturated heterocycles. The summed E-state index contributed by atoms with van der Waals surface area (Å²) in [6.07, 6.45) is -5.21. The lowest BCUT2D eigenvalue weighted by Crippen LogP contribution is -2.82. The minimum absolute atomic E-state index is 0.0947. The van der Waals surface area contributed by atoms with Gasteiger partial charge >= 0.3 is 0 Å². The van der Waals surface area contributed by atoms with Crippen LogP contribution in [0.4, 0.5) is 5.69 Å². The van der Waals surface area contributed by atoms with Gasteiger partial charge in [0.15, 0.2) is 5.60 Å². The number of rotatable bonds is 10. The summed E-state index contributed by atoms with van der Waals surface area (Å²) in [5.74, 6) is 0.0947. The molecule has 0 spiro atoms. The minimum Gasteiger partial charge on any atom is -0.462 e. The van der Waals surface area contributed by atoms with Gasteiger partial charge in [-0.05, 0) is 34.4 Å². The normalized spacial score (nSPS) is 24.4. The molecule has 1 aliphatic heterocycles. The molecule has 9 nitrogen and oxygen atoms in total. The van der Waals surface area contributed by atoms with E-state index in [1.54, 1.807) is 24.3 Å². The van der Waals surface area contributed by atoms with Crippen molar-refractivity contribution in [3.05, 3.63) is 178 Å². The summed E-state index contributed by atoms with van der Waals surface area (Å²) >= 11 is 0. The third-order valence-corrected chi connectivity index (χ3v) is 9.12. The molecule has 240 valence electrons. The minimum atomic E-state index is -2.56. The summed E-state index contributed by atoms with van der Waals surface area (Å²) in [6, 6.07) is 41.6. The molecule has 4 N–H and O–H groups in total. The first-order valence-electron chi connectivity index (χ1n) is 15.3. The summed E-state index contributed by atoms with van der Waals surface area (Å²) in [5.41, 5.74) is -4.60. The Morgan fingerprint density at radius 3 is 1.60 bits per heavy atom. The molecule has 1 aliphatic rings. The van der Waals surface area contributed by atoms with E-state index in [2.05, 4.69) is 0 Å². The Morgan fingerprint density at radius 2 is 1.17 bits per heavy atom. The molecule has 0 aliphatic carbocycles. The second kappa shape index (κ2) is 13.1. The second-order valence-electron chi connectivity index (χ2n) is 11.7. The molecule has 1 fully saturated rings. The molecule has 0 radical (unpaired) electrons. The Balaban J connectivity index is 1.72. The van der Waals surface area contributed by atoms with Crippen LogP contribution in [-0.4, -0.2) is 61.7 Å². The van der Waals surface area contributed by atoms with E-state index in [0.29, 0.717) is 22.3 Å². The van der Waals surface area contributed by atoms with E-state index < -0.39 is 46.6 Å². The Kier molecular flexibility index (Phi) is 8.92. The van der Waals surface area contributed by atoms with Crippen molar-refractivity contribution < 1.29 is 34.8 Å². The Morgan fingerprint density at radius 1 is 0.723 bits per heavy atom. The van der Waals surface area contributed by atoms with Crippen LogP contribution in [0, 0.1) is 10.1 Å². The van der Waals surface area contributed by atoms with Crippen LogP contribution in [0.1, 0.15) is 22.3 Å². The topological polar surface area (TPSA) is 143 Å². The Hall–Kier alpha value is -4.90. The number of benzene rings is 5. The predicted molar refractivity (Wildman–Crippen MR) is 175 cm³/mol. The zero-order valence-corrected chi connectivity index (χ0v) is 25.4. The van der Waals surface area contributed by atoms with Crippen molar-refractivity contribution in [2.75, 3.05) is 6.61 Å². The fourth-order valence-electron chi connectivity index (χ4n) is 6.97. The summed E-state index contributed by atoms with van der Waals surface area (Å²) < 4.78 is 12.7. The molecular weight excluding hydrogens is 598 g/mol. The van der Waals surface area contributed by atoms with Gasteiger partial charge in [0.2, 0.25) is 6.29 Å². The standard InChI is InChI=1S/C38H35NO8/c40-26-33-34(41)36(42,25-27-13-5-1-6-14-27)38(43,35(47-33)46-32-23-21-31(22-24-32)39(44)45)37(28-15-7-2-8-16-28,29-17-9-3-10-18-29)30-19-11-4-12-20-30/h1-24,33-35,40-43H,25-26H2/t33-,34+,35+,36+,38+/m1/s1. The van der Waals surface area contributed by atoms with Crippen molar-refractivity contribution in [3.8, 4) is 5.75 Å². The Bertz CT molecular complexity index is 1680. The van der Waals surface area contributed by atoms with E-state index in [-0.39, 0.29) is 17.9 Å². The number of nitrogens with zero attached hydrogens (tertiary/aromatic N) is 1. The average molecular weight is 634 g/mol. The highest BCUT2D eigenvalue weighted by molar-refractivity contribution is 5.57. The van der Waals surface area contributed by atoms with Crippen LogP contribution in [0.2, 0.25) is 0 Å². The average Bonchev–Trinajstić information content (AvgIpc) is 3.11. The van der Waals surface area contributed by atoms with Gasteiger partial charge in [-0.3, -0.25) is 10.1 Å². The smallest absolute Gasteiger partial charge is 0.269 e. The Labute approximate surface area is 272 Å². The maximum Gasteiger partial charge on any atom is 0.269 e. The van der Waals surface area contributed by atoms with E-state index in [1.165, 1.54) is 24.3 Å². The number of ether oxygens (including phenoxy) is 2. The van der Waals surface area contributed by atoms with Crippen LogP contribution >= 0.6 is 0 Å². The zero-order chi connectivity index (χ0) is 33.1. The first-order valence-corrected chi connectivity index (χ1v) is 15.3. The number of nitro groups is 1. The number of nitro benzene ring substituents is 1. The van der Waals surface area contributed by atoms with Crippen LogP contribution in [0.3, 0.4) is 0 Å². The molecule has 47 heavy (non-hydrogen) atoms. The lowest BCUT2D eigenvalue weighted by molar-refractivity contribution is -0.385. The lowest BCUT2D eigenvalue weighted by atomic mass is 9.51. The number of aliphatic hydroxyl groups is 4. The molecule has 9 heteroatoms. The first-order chi connectivity index (χ1) is 22.8. The van der Waals surface area contributed by atoms with Crippen LogP contribution in [0.15, 0.2) is 146 Å². The van der Waals surface area contributed by atoms with Crippen LogP contribution in [0.5, 0.6) is 5.75 Å². The maximum absolute atomic E-state index is 13.9. The van der Waals surface area contributed by atoms with Crippen LogP contribution in [-0.2, 0) is 16.6 Å². The predicted octanol–water partition coefficient (Wildman–Crippen LogP) is 4.79. The van der Waals surface area contributed by atoms with Crippen molar-refractivity contribution in [3.63, 3.8) is 0 Å². The lowest BCUT2D eigenvalue weighted by Gasteiger charge is -2.62. The highest BCUT2D eigenvalue weighted by Gasteiger charge is 2.75. The SMILES string of the molecule is O=[N+]([O-])c1ccc(O[C@H]2O[C@H](CO)[C@H](O)[C@@](O)(Cc3ccccc3)[C@]2(O)C(c2ccccc2)(c2ccccc2)c2ccccc2)cc1. The molecule has 0 aromatic heterocycles. The van der Waals surface area contributed by atoms with E-state index in [4.69, 9.17) is 9.47 Å². The molecule has 0 saturated carbocycles. The fraction of sp³-hybridized carbons (Fsp3) is 0.211. The van der Waals surface area contributed by atoms with Gasteiger partial charge in [0.1, 0.15) is 23.6 Å². The quantitative estimate of drug-likeness (QED) is 0.0977. The highest BCUT2D eigenvalue weighted by Crippen LogP contribution is 2.57. The van der Waals surface area contributed by atoms with Crippen molar-refractivity contribution >= 4 is 5.69 Å². The number of non-ortho nitro benzene ring substituents is 1. The maximum atomic E-state index is 13.9. The van der Waals surface area contributed by atoms with Gasteiger partial charge in [0.05, 0.1) is 16.9 Å². The van der Waals surface area contributed by atoms with E-state index in [0.717, 1.165) is 0 Å². The van der Waals surface area contributed by atoms with Crippen LogP contribution < -0.4 is 4.74 Å². The molecule has 5 atom stereocenters. The summed E-state index contributed by atoms with van der Waals surface area (Å²) in [7, 11) is 0. The van der Waals surface area contributed by atoms with Crippen LogP contribution in [0.25, 0.3) is 0 Å². The molecule has 6 rings (SSSR count). The summed E-state index contributed by atoms with van der Waals surface area (Å²) in [6.45, 7) is -0.705. The second-order valence-corrected chi connectivity index (χ2v) is 11.7.